The molecule has 1 N–H and O–H groups in total. The zero-order valence-electron chi connectivity index (χ0n) is 13.5. The van der Waals surface area contributed by atoms with Crippen LogP contribution in [-0.4, -0.2) is 12.5 Å². The largest absolute Gasteiger partial charge is 0.356 e. The van der Waals surface area contributed by atoms with Crippen LogP contribution in [0.1, 0.15) is 51.2 Å². The van der Waals surface area contributed by atoms with Gasteiger partial charge in [-0.15, -0.1) is 0 Å². The molecule has 1 aliphatic rings. The Balaban J connectivity index is 1.78. The highest BCUT2D eigenvalue weighted by atomic mass is 16.1. The molecule has 2 nitrogen and oxygen atoms in total. The van der Waals surface area contributed by atoms with Crippen LogP contribution < -0.4 is 5.32 Å². The normalized spacial score (nSPS) is 18.5. The maximum absolute atomic E-state index is 12.0. The van der Waals surface area contributed by atoms with E-state index in [-0.39, 0.29) is 17.2 Å². The molecule has 21 heavy (non-hydrogen) atoms. The van der Waals surface area contributed by atoms with Crippen LogP contribution in [-0.2, 0) is 16.6 Å². The van der Waals surface area contributed by atoms with Crippen LogP contribution in [0.25, 0.3) is 0 Å². The number of amides is 1. The number of allylic oxidation sites excluding steroid dienone is 2. The van der Waals surface area contributed by atoms with E-state index in [1.54, 1.807) is 0 Å². The molecule has 1 atom stereocenters. The molecule has 0 aromatic heterocycles. The number of nitrogens with one attached hydrogen (secondary N) is 1. The minimum atomic E-state index is 0.179. The van der Waals surface area contributed by atoms with Crippen molar-refractivity contribution in [2.75, 3.05) is 6.54 Å². The van der Waals surface area contributed by atoms with Gasteiger partial charge in [0.1, 0.15) is 0 Å². The van der Waals surface area contributed by atoms with Gasteiger partial charge in [-0.1, -0.05) is 57.2 Å². The van der Waals surface area contributed by atoms with Gasteiger partial charge in [0.25, 0.3) is 0 Å². The van der Waals surface area contributed by atoms with Gasteiger partial charge in [-0.25, -0.2) is 0 Å². The standard InChI is InChI=1S/C19H27NO/c1-19(2,3)17-11-9-15(10-12-17)13-14-20-18(21)16-7-5-4-6-8-16/h4-5,9-12,16H,6-8,13-14H2,1-3H3,(H,20,21). The first-order chi connectivity index (χ1) is 9.97. The van der Waals surface area contributed by atoms with Crippen LogP contribution in [0, 0.1) is 5.92 Å². The van der Waals surface area contributed by atoms with E-state index in [2.05, 4.69) is 62.5 Å². The molecule has 0 bridgehead atoms. The van der Waals surface area contributed by atoms with Crippen molar-refractivity contribution in [2.24, 2.45) is 5.92 Å². The lowest BCUT2D eigenvalue weighted by molar-refractivity contribution is -0.125. The van der Waals surface area contributed by atoms with Crippen molar-refractivity contribution in [3.05, 3.63) is 47.5 Å². The van der Waals surface area contributed by atoms with Gasteiger partial charge in [0.15, 0.2) is 0 Å². The Morgan fingerprint density at radius 2 is 1.90 bits per heavy atom. The van der Waals surface area contributed by atoms with E-state index < -0.39 is 0 Å². The van der Waals surface area contributed by atoms with Gasteiger partial charge < -0.3 is 5.32 Å². The molecule has 1 amide bonds. The van der Waals surface area contributed by atoms with Crippen molar-refractivity contribution in [1.82, 2.24) is 5.32 Å². The molecular formula is C19H27NO. The quantitative estimate of drug-likeness (QED) is 0.832. The van der Waals surface area contributed by atoms with Crippen LogP contribution in [0.5, 0.6) is 0 Å². The summed E-state index contributed by atoms with van der Waals surface area (Å²) in [5.74, 6) is 0.393. The van der Waals surface area contributed by atoms with Crippen molar-refractivity contribution in [3.8, 4) is 0 Å². The monoisotopic (exact) mass is 285 g/mol. The lowest BCUT2D eigenvalue weighted by Gasteiger charge is -2.19. The molecule has 0 aliphatic heterocycles. The summed E-state index contributed by atoms with van der Waals surface area (Å²) >= 11 is 0. The predicted molar refractivity (Wildman–Crippen MR) is 88.3 cm³/mol. The highest BCUT2D eigenvalue weighted by Crippen LogP contribution is 2.22. The van der Waals surface area contributed by atoms with Crippen molar-refractivity contribution >= 4 is 5.91 Å². The molecule has 0 radical (unpaired) electrons. The summed E-state index contributed by atoms with van der Waals surface area (Å²) in [4.78, 5) is 12.0. The van der Waals surface area contributed by atoms with E-state index >= 15 is 0 Å². The molecule has 0 saturated carbocycles. The Labute approximate surface area is 128 Å². The van der Waals surface area contributed by atoms with E-state index in [9.17, 15) is 4.79 Å². The Bertz CT molecular complexity index is 493. The van der Waals surface area contributed by atoms with Gasteiger partial charge in [0, 0.05) is 12.5 Å². The Hall–Kier alpha value is -1.57. The molecule has 2 heteroatoms. The number of carbonyl (C=O) groups excluding carboxylic acids is 1. The van der Waals surface area contributed by atoms with Gasteiger partial charge in [0.2, 0.25) is 5.91 Å². The first kappa shape index (κ1) is 15.8. The van der Waals surface area contributed by atoms with Crippen LogP contribution in [0.2, 0.25) is 0 Å². The third-order valence-electron chi connectivity index (χ3n) is 4.17. The van der Waals surface area contributed by atoms with Crippen LogP contribution >= 0.6 is 0 Å². The minimum absolute atomic E-state index is 0.179. The molecule has 114 valence electrons. The van der Waals surface area contributed by atoms with Crippen LogP contribution in [0.15, 0.2) is 36.4 Å². The number of carbonyl (C=O) groups is 1. The van der Waals surface area contributed by atoms with Crippen molar-refractivity contribution in [3.63, 3.8) is 0 Å². The topological polar surface area (TPSA) is 29.1 Å². The number of rotatable bonds is 4. The van der Waals surface area contributed by atoms with E-state index in [0.29, 0.717) is 0 Å². The highest BCUT2D eigenvalue weighted by molar-refractivity contribution is 5.78. The fourth-order valence-corrected chi connectivity index (χ4v) is 2.68. The van der Waals surface area contributed by atoms with Crippen molar-refractivity contribution < 1.29 is 4.79 Å². The number of benzene rings is 1. The Morgan fingerprint density at radius 3 is 2.48 bits per heavy atom. The summed E-state index contributed by atoms with van der Waals surface area (Å²) in [5, 5.41) is 3.07. The van der Waals surface area contributed by atoms with Gasteiger partial charge in [-0.2, -0.15) is 0 Å². The number of hydrogen-bond donors (Lipinski definition) is 1. The van der Waals surface area contributed by atoms with Crippen molar-refractivity contribution in [1.29, 1.82) is 0 Å². The second-order valence-electron chi connectivity index (χ2n) is 6.97. The smallest absolute Gasteiger partial charge is 0.223 e. The zero-order valence-corrected chi connectivity index (χ0v) is 13.5. The van der Waals surface area contributed by atoms with Gasteiger partial charge in [-0.3, -0.25) is 4.79 Å². The number of hydrogen-bond acceptors (Lipinski definition) is 1. The first-order valence-electron chi connectivity index (χ1n) is 7.99. The van der Waals surface area contributed by atoms with Crippen LogP contribution in [0.4, 0.5) is 0 Å². The lowest BCUT2D eigenvalue weighted by Crippen LogP contribution is -2.32. The summed E-state index contributed by atoms with van der Waals surface area (Å²) in [6.45, 7) is 7.40. The van der Waals surface area contributed by atoms with Gasteiger partial charge >= 0.3 is 0 Å². The fraction of sp³-hybridized carbons (Fsp3) is 0.526. The molecule has 1 aromatic carbocycles. The third-order valence-corrected chi connectivity index (χ3v) is 4.17. The van der Waals surface area contributed by atoms with E-state index in [0.717, 1.165) is 32.2 Å². The average Bonchev–Trinajstić information content (AvgIpc) is 2.47. The molecule has 0 spiro atoms. The SMILES string of the molecule is CC(C)(C)c1ccc(CCNC(=O)C2CC=CCC2)cc1. The summed E-state index contributed by atoms with van der Waals surface area (Å²) < 4.78 is 0. The first-order valence-corrected chi connectivity index (χ1v) is 7.99. The predicted octanol–water partition coefficient (Wildman–Crippen LogP) is 4.00. The second kappa shape index (κ2) is 6.93. The summed E-state index contributed by atoms with van der Waals surface area (Å²) in [6.07, 6.45) is 8.11. The molecule has 0 fully saturated rings. The van der Waals surface area contributed by atoms with Gasteiger partial charge in [-0.05, 0) is 42.2 Å². The Morgan fingerprint density at radius 1 is 1.19 bits per heavy atom. The maximum Gasteiger partial charge on any atom is 0.223 e. The van der Waals surface area contributed by atoms with E-state index in [4.69, 9.17) is 0 Å². The van der Waals surface area contributed by atoms with Gasteiger partial charge in [0.05, 0.1) is 0 Å². The molecule has 1 unspecified atom stereocenters. The maximum atomic E-state index is 12.0. The molecule has 0 heterocycles. The lowest BCUT2D eigenvalue weighted by atomic mass is 9.86. The summed E-state index contributed by atoms with van der Waals surface area (Å²) in [6, 6.07) is 8.75. The average molecular weight is 285 g/mol. The second-order valence-corrected chi connectivity index (χ2v) is 6.97. The molecule has 2 rings (SSSR count). The third kappa shape index (κ3) is 4.73. The molecule has 0 saturated heterocycles. The van der Waals surface area contributed by atoms with Crippen molar-refractivity contribution in [2.45, 2.75) is 51.9 Å². The summed E-state index contributed by atoms with van der Waals surface area (Å²) in [5.41, 5.74) is 2.83. The van der Waals surface area contributed by atoms with E-state index in [1.165, 1.54) is 11.1 Å². The minimum Gasteiger partial charge on any atom is -0.356 e. The fourth-order valence-electron chi connectivity index (χ4n) is 2.68. The zero-order chi connectivity index (χ0) is 15.3. The molecule has 1 aliphatic carbocycles. The van der Waals surface area contributed by atoms with Crippen LogP contribution in [0.3, 0.4) is 0 Å². The molecular weight excluding hydrogens is 258 g/mol. The highest BCUT2D eigenvalue weighted by Gasteiger charge is 2.18. The Kier molecular flexibility index (Phi) is 5.22. The summed E-state index contributed by atoms with van der Waals surface area (Å²) in [7, 11) is 0. The van der Waals surface area contributed by atoms with E-state index in [1.807, 2.05) is 0 Å². The molecule has 1 aromatic rings.